The molecule has 0 saturated heterocycles. The molecule has 1 atom stereocenters. The van der Waals surface area contributed by atoms with Gasteiger partial charge in [-0.15, -0.1) is 0 Å². The van der Waals surface area contributed by atoms with Crippen LogP contribution in [-0.2, 0) is 9.59 Å². The van der Waals surface area contributed by atoms with Crippen LogP contribution in [0, 0.1) is 0 Å². The van der Waals surface area contributed by atoms with E-state index < -0.39 is 34.3 Å². The molecule has 5 nitrogen and oxygen atoms in total. The van der Waals surface area contributed by atoms with Crippen molar-refractivity contribution in [2.45, 2.75) is 60.0 Å². The Morgan fingerprint density at radius 3 is 1.92 bits per heavy atom. The third-order valence-electron chi connectivity index (χ3n) is 3.98. The minimum Gasteiger partial charge on any atom is -0.507 e. The normalized spacial score (nSPS) is 22.1. The van der Waals surface area contributed by atoms with E-state index in [1.54, 1.807) is 39.8 Å². The molecule has 0 spiro atoms. The molecule has 0 radical (unpaired) electrons. The van der Waals surface area contributed by atoms with Gasteiger partial charge in [-0.2, -0.15) is 0 Å². The van der Waals surface area contributed by atoms with Gasteiger partial charge in [0, 0.05) is 12.0 Å². The third kappa shape index (κ3) is 4.61. The van der Waals surface area contributed by atoms with E-state index in [9.17, 15) is 24.9 Å². The highest BCUT2D eigenvalue weighted by atomic mass is 16.3. The number of hydrogen-bond acceptors (Lipinski definition) is 5. The number of Topliss-reactive ketones (excluding diaryl/α,β-unsaturated/α-hetero) is 2. The van der Waals surface area contributed by atoms with Gasteiger partial charge in [-0.1, -0.05) is 28.9 Å². The number of aliphatic hydroxyl groups is 3. The Bertz CT molecular complexity index is 762. The van der Waals surface area contributed by atoms with Gasteiger partial charge < -0.3 is 15.3 Å². The Morgan fingerprint density at radius 2 is 1.46 bits per heavy atom. The highest BCUT2D eigenvalue weighted by molar-refractivity contribution is 6.27. The van der Waals surface area contributed by atoms with Crippen LogP contribution in [0.2, 0.25) is 0 Å². The van der Waals surface area contributed by atoms with Gasteiger partial charge in [0.15, 0.2) is 5.60 Å². The second-order valence-electron chi connectivity index (χ2n) is 7.30. The van der Waals surface area contributed by atoms with Crippen molar-refractivity contribution >= 4 is 11.6 Å². The van der Waals surface area contributed by atoms with Gasteiger partial charge in [0.25, 0.3) is 0 Å². The predicted molar refractivity (Wildman–Crippen MR) is 102 cm³/mol. The Kier molecular flexibility index (Phi) is 6.93. The van der Waals surface area contributed by atoms with E-state index in [0.717, 1.165) is 11.1 Å². The summed E-state index contributed by atoms with van der Waals surface area (Å²) in [4.78, 5) is 25.6. The number of allylic oxidation sites excluding steroid dienone is 6. The Balaban J connectivity index is 3.71. The van der Waals surface area contributed by atoms with Crippen LogP contribution in [0.5, 0.6) is 0 Å². The monoisotopic (exact) mass is 360 g/mol. The lowest BCUT2D eigenvalue weighted by molar-refractivity contribution is -0.147. The highest BCUT2D eigenvalue weighted by Gasteiger charge is 2.51. The smallest absolute Gasteiger partial charge is 0.210 e. The summed E-state index contributed by atoms with van der Waals surface area (Å²) in [5.41, 5.74) is -0.393. The topological polar surface area (TPSA) is 94.8 Å². The number of carbonyl (C=O) groups excluding carboxylic acids is 2. The molecule has 0 bridgehead atoms. The van der Waals surface area contributed by atoms with Crippen molar-refractivity contribution in [3.8, 4) is 0 Å². The summed E-state index contributed by atoms with van der Waals surface area (Å²) in [7, 11) is 0. The fourth-order valence-electron chi connectivity index (χ4n) is 2.54. The molecular formula is C21H28O5. The molecule has 0 heterocycles. The standard InChI is InChI=1S/C21H28O5/c1-12(2)7-8-15-18(23)17(16(22)11-14(5)6)20(25)21(26,19(15)24)10-9-13(3)4/h7,9,11,22-23,26H,8,10H2,1-6H3. The molecule has 0 fully saturated rings. The summed E-state index contributed by atoms with van der Waals surface area (Å²) in [5, 5.41) is 31.7. The van der Waals surface area contributed by atoms with Crippen molar-refractivity contribution in [3.63, 3.8) is 0 Å². The molecule has 3 N–H and O–H groups in total. The van der Waals surface area contributed by atoms with Crippen LogP contribution >= 0.6 is 0 Å². The molecule has 1 rings (SSSR count). The molecule has 26 heavy (non-hydrogen) atoms. The van der Waals surface area contributed by atoms with E-state index in [2.05, 4.69) is 0 Å². The molecule has 142 valence electrons. The fourth-order valence-corrected chi connectivity index (χ4v) is 2.54. The quantitative estimate of drug-likeness (QED) is 0.296. The van der Waals surface area contributed by atoms with Gasteiger partial charge in [0.2, 0.25) is 11.6 Å². The first kappa shape index (κ1) is 21.6. The van der Waals surface area contributed by atoms with E-state index in [1.165, 1.54) is 6.08 Å². The maximum Gasteiger partial charge on any atom is 0.210 e. The van der Waals surface area contributed by atoms with E-state index in [-0.39, 0.29) is 18.4 Å². The second kappa shape index (κ2) is 8.32. The number of carbonyl (C=O) groups is 2. The number of aliphatic hydroxyl groups excluding tert-OH is 2. The zero-order valence-electron chi connectivity index (χ0n) is 16.3. The Labute approximate surface area is 154 Å². The minimum atomic E-state index is -2.34. The molecule has 0 saturated carbocycles. The van der Waals surface area contributed by atoms with Crippen molar-refractivity contribution in [1.29, 1.82) is 0 Å². The van der Waals surface area contributed by atoms with Crippen molar-refractivity contribution in [1.82, 2.24) is 0 Å². The maximum atomic E-state index is 12.8. The SMILES string of the molecule is CC(C)=CCC1=C(O)C(=C(O)C=C(C)C)C(=O)C(O)(CC=C(C)C)C1=O. The average molecular weight is 360 g/mol. The van der Waals surface area contributed by atoms with E-state index in [4.69, 9.17) is 0 Å². The van der Waals surface area contributed by atoms with Crippen molar-refractivity contribution in [2.75, 3.05) is 0 Å². The fraction of sp³-hybridized carbons (Fsp3) is 0.429. The van der Waals surface area contributed by atoms with Crippen molar-refractivity contribution in [3.05, 3.63) is 57.6 Å². The lowest BCUT2D eigenvalue weighted by Gasteiger charge is -2.31. The van der Waals surface area contributed by atoms with Gasteiger partial charge in [0.05, 0.1) is 0 Å². The largest absolute Gasteiger partial charge is 0.507 e. The van der Waals surface area contributed by atoms with Gasteiger partial charge in [-0.25, -0.2) is 0 Å². The molecule has 1 aliphatic carbocycles. The van der Waals surface area contributed by atoms with Crippen LogP contribution in [0.25, 0.3) is 0 Å². The first-order valence-corrected chi connectivity index (χ1v) is 8.51. The molecule has 0 aromatic rings. The molecule has 5 heteroatoms. The van der Waals surface area contributed by atoms with Crippen LogP contribution in [0.4, 0.5) is 0 Å². The van der Waals surface area contributed by atoms with Crippen LogP contribution in [-0.4, -0.2) is 32.5 Å². The molecule has 1 aliphatic rings. The summed E-state index contributed by atoms with van der Waals surface area (Å²) in [5.74, 6) is -2.86. The van der Waals surface area contributed by atoms with Crippen molar-refractivity contribution < 1.29 is 24.9 Å². The number of rotatable bonds is 5. The first-order valence-electron chi connectivity index (χ1n) is 8.51. The average Bonchev–Trinajstić information content (AvgIpc) is 2.50. The van der Waals surface area contributed by atoms with Gasteiger partial charge in [-0.3, -0.25) is 9.59 Å². The van der Waals surface area contributed by atoms with E-state index >= 15 is 0 Å². The van der Waals surface area contributed by atoms with Crippen LogP contribution < -0.4 is 0 Å². The minimum absolute atomic E-state index is 0.0585. The van der Waals surface area contributed by atoms with E-state index in [1.807, 2.05) is 13.8 Å². The van der Waals surface area contributed by atoms with Crippen LogP contribution in [0.1, 0.15) is 54.4 Å². The first-order chi connectivity index (χ1) is 11.9. The lowest BCUT2D eigenvalue weighted by atomic mass is 9.74. The lowest BCUT2D eigenvalue weighted by Crippen LogP contribution is -2.51. The number of ketones is 2. The Morgan fingerprint density at radius 1 is 0.923 bits per heavy atom. The van der Waals surface area contributed by atoms with Gasteiger partial charge in [-0.05, 0) is 54.0 Å². The maximum absolute atomic E-state index is 12.8. The number of hydrogen-bond donors (Lipinski definition) is 3. The van der Waals surface area contributed by atoms with Crippen LogP contribution in [0.15, 0.2) is 57.6 Å². The predicted octanol–water partition coefficient (Wildman–Crippen LogP) is 4.17. The van der Waals surface area contributed by atoms with Crippen LogP contribution in [0.3, 0.4) is 0 Å². The second-order valence-corrected chi connectivity index (χ2v) is 7.30. The summed E-state index contributed by atoms with van der Waals surface area (Å²) in [6.07, 6.45) is 4.47. The zero-order chi connectivity index (χ0) is 20.2. The molecular weight excluding hydrogens is 332 g/mol. The summed E-state index contributed by atoms with van der Waals surface area (Å²) in [6, 6.07) is 0. The molecule has 0 aromatic carbocycles. The van der Waals surface area contributed by atoms with Crippen molar-refractivity contribution in [2.24, 2.45) is 0 Å². The summed E-state index contributed by atoms with van der Waals surface area (Å²) < 4.78 is 0. The molecule has 0 aliphatic heterocycles. The molecule has 0 aromatic heterocycles. The highest BCUT2D eigenvalue weighted by Crippen LogP contribution is 2.36. The molecule has 0 amide bonds. The van der Waals surface area contributed by atoms with Gasteiger partial charge >= 0.3 is 0 Å². The molecule has 1 unspecified atom stereocenters. The third-order valence-corrected chi connectivity index (χ3v) is 3.98. The summed E-state index contributed by atoms with van der Waals surface area (Å²) in [6.45, 7) is 10.7. The van der Waals surface area contributed by atoms with E-state index in [0.29, 0.717) is 5.57 Å². The summed E-state index contributed by atoms with van der Waals surface area (Å²) >= 11 is 0. The zero-order valence-corrected chi connectivity index (χ0v) is 16.3. The Hall–Kier alpha value is -2.40. The van der Waals surface area contributed by atoms with Gasteiger partial charge in [0.1, 0.15) is 17.1 Å².